The maximum atomic E-state index is 12.6. The molecule has 116 valence electrons. The summed E-state index contributed by atoms with van der Waals surface area (Å²) in [7, 11) is 3.81. The van der Waals surface area contributed by atoms with Crippen LogP contribution >= 0.6 is 0 Å². The Morgan fingerprint density at radius 3 is 2.86 bits per heavy atom. The topological polar surface area (TPSA) is 64.7 Å². The van der Waals surface area contributed by atoms with E-state index >= 15 is 0 Å². The Morgan fingerprint density at radius 1 is 1.27 bits per heavy atom. The summed E-state index contributed by atoms with van der Waals surface area (Å²) in [5.41, 5.74) is 4.10. The molecule has 1 fully saturated rings. The summed E-state index contributed by atoms with van der Waals surface area (Å²) in [6.45, 7) is 0. The highest BCUT2D eigenvalue weighted by atomic mass is 16.2. The van der Waals surface area contributed by atoms with Crippen molar-refractivity contribution in [3.8, 4) is 0 Å². The van der Waals surface area contributed by atoms with Crippen LogP contribution in [0.15, 0.2) is 12.3 Å². The lowest BCUT2D eigenvalue weighted by Gasteiger charge is -2.23. The molecule has 2 aromatic heterocycles. The average molecular weight is 299 g/mol. The van der Waals surface area contributed by atoms with Crippen molar-refractivity contribution in [2.75, 3.05) is 0 Å². The second kappa shape index (κ2) is 4.97. The predicted molar refractivity (Wildman–Crippen MR) is 81.5 cm³/mol. The van der Waals surface area contributed by atoms with Crippen molar-refractivity contribution in [1.29, 1.82) is 0 Å². The van der Waals surface area contributed by atoms with Crippen LogP contribution in [0.1, 0.15) is 65.1 Å². The SMILES string of the molecule is Cn1nc(C2CC2)cc1C(=O)N[C@H]1CCCc2c1cnn2C. The van der Waals surface area contributed by atoms with Crippen LogP contribution in [-0.2, 0) is 20.5 Å². The Bertz CT molecular complexity index is 725. The molecule has 0 unspecified atom stereocenters. The van der Waals surface area contributed by atoms with Crippen molar-refractivity contribution in [1.82, 2.24) is 24.9 Å². The van der Waals surface area contributed by atoms with Crippen molar-refractivity contribution < 1.29 is 4.79 Å². The summed E-state index contributed by atoms with van der Waals surface area (Å²) in [4.78, 5) is 12.6. The second-order valence-electron chi connectivity index (χ2n) is 6.44. The van der Waals surface area contributed by atoms with Crippen LogP contribution in [0.4, 0.5) is 0 Å². The van der Waals surface area contributed by atoms with E-state index in [1.54, 1.807) is 4.68 Å². The zero-order valence-electron chi connectivity index (χ0n) is 13.0. The molecule has 2 aromatic rings. The summed E-state index contributed by atoms with van der Waals surface area (Å²) in [5.74, 6) is 0.524. The minimum atomic E-state index is -0.0383. The van der Waals surface area contributed by atoms with Gasteiger partial charge in [0.25, 0.3) is 5.91 Å². The van der Waals surface area contributed by atoms with Crippen LogP contribution in [-0.4, -0.2) is 25.5 Å². The standard InChI is InChI=1S/C16H21N5O/c1-20-14-5-3-4-12(11(14)9-17-20)18-16(22)15-8-13(10-6-7-10)19-21(15)2/h8-10,12H,3-7H2,1-2H3,(H,18,22)/t12-/m0/s1. The number of rotatable bonds is 3. The molecule has 22 heavy (non-hydrogen) atoms. The van der Waals surface area contributed by atoms with E-state index in [-0.39, 0.29) is 11.9 Å². The molecule has 4 rings (SSSR count). The third-order valence-electron chi connectivity index (χ3n) is 4.81. The van der Waals surface area contributed by atoms with Crippen molar-refractivity contribution in [3.05, 3.63) is 34.9 Å². The molecule has 0 spiro atoms. The lowest BCUT2D eigenvalue weighted by Crippen LogP contribution is -2.32. The van der Waals surface area contributed by atoms with Gasteiger partial charge >= 0.3 is 0 Å². The van der Waals surface area contributed by atoms with Crippen LogP contribution in [0, 0.1) is 0 Å². The fraction of sp³-hybridized carbons (Fsp3) is 0.562. The molecule has 1 saturated carbocycles. The van der Waals surface area contributed by atoms with Gasteiger partial charge in [0.1, 0.15) is 5.69 Å². The Hall–Kier alpha value is -2.11. The maximum absolute atomic E-state index is 12.6. The molecule has 1 atom stereocenters. The number of hydrogen-bond acceptors (Lipinski definition) is 3. The smallest absolute Gasteiger partial charge is 0.270 e. The van der Waals surface area contributed by atoms with Gasteiger partial charge in [0.2, 0.25) is 0 Å². The molecule has 1 amide bonds. The minimum Gasteiger partial charge on any atom is -0.344 e. The Kier molecular flexibility index (Phi) is 3.06. The fourth-order valence-electron chi connectivity index (χ4n) is 3.37. The lowest BCUT2D eigenvalue weighted by molar-refractivity contribution is 0.0923. The van der Waals surface area contributed by atoms with Crippen LogP contribution in [0.25, 0.3) is 0 Å². The van der Waals surface area contributed by atoms with Crippen molar-refractivity contribution in [2.45, 2.75) is 44.1 Å². The fourth-order valence-corrected chi connectivity index (χ4v) is 3.37. The van der Waals surface area contributed by atoms with Crippen LogP contribution in [0.3, 0.4) is 0 Å². The van der Waals surface area contributed by atoms with E-state index in [1.807, 2.05) is 31.0 Å². The monoisotopic (exact) mass is 299 g/mol. The highest BCUT2D eigenvalue weighted by Crippen LogP contribution is 2.39. The zero-order valence-corrected chi connectivity index (χ0v) is 13.0. The van der Waals surface area contributed by atoms with Crippen molar-refractivity contribution in [2.24, 2.45) is 14.1 Å². The van der Waals surface area contributed by atoms with Gasteiger partial charge in [0, 0.05) is 31.3 Å². The van der Waals surface area contributed by atoms with Gasteiger partial charge in [-0.1, -0.05) is 0 Å². The Balaban J connectivity index is 1.55. The van der Waals surface area contributed by atoms with Crippen LogP contribution in [0.2, 0.25) is 0 Å². The lowest BCUT2D eigenvalue weighted by atomic mass is 9.93. The summed E-state index contributed by atoms with van der Waals surface area (Å²) in [5, 5.41) is 12.0. The molecule has 6 nitrogen and oxygen atoms in total. The molecule has 2 aliphatic carbocycles. The van der Waals surface area contributed by atoms with Gasteiger partial charge in [-0.2, -0.15) is 10.2 Å². The number of nitrogens with zero attached hydrogens (tertiary/aromatic N) is 4. The molecule has 0 radical (unpaired) electrons. The number of fused-ring (bicyclic) bond motifs is 1. The summed E-state index contributed by atoms with van der Waals surface area (Å²) < 4.78 is 3.62. The highest BCUT2D eigenvalue weighted by Gasteiger charge is 2.29. The number of aromatic nitrogens is 4. The molecule has 0 bridgehead atoms. The molecule has 0 aromatic carbocycles. The van der Waals surface area contributed by atoms with Crippen molar-refractivity contribution in [3.63, 3.8) is 0 Å². The molecule has 2 aliphatic rings. The normalized spacial score (nSPS) is 20.7. The van der Waals surface area contributed by atoms with Gasteiger partial charge in [-0.05, 0) is 38.2 Å². The van der Waals surface area contributed by atoms with E-state index in [4.69, 9.17) is 0 Å². The van der Waals surface area contributed by atoms with Crippen molar-refractivity contribution >= 4 is 5.91 Å². The molecule has 6 heteroatoms. The van der Waals surface area contributed by atoms with E-state index < -0.39 is 0 Å². The molecule has 0 saturated heterocycles. The minimum absolute atomic E-state index is 0.0383. The van der Waals surface area contributed by atoms with E-state index in [2.05, 4.69) is 15.5 Å². The van der Waals surface area contributed by atoms with E-state index in [9.17, 15) is 4.79 Å². The first-order chi connectivity index (χ1) is 10.6. The molecule has 1 N–H and O–H groups in total. The first-order valence-electron chi connectivity index (χ1n) is 7.99. The summed E-state index contributed by atoms with van der Waals surface area (Å²) in [6, 6.07) is 2.00. The van der Waals surface area contributed by atoms with Crippen LogP contribution in [0.5, 0.6) is 0 Å². The number of hydrogen-bond donors (Lipinski definition) is 1. The van der Waals surface area contributed by atoms with Crippen LogP contribution < -0.4 is 5.32 Å². The van der Waals surface area contributed by atoms with E-state index in [0.29, 0.717) is 11.6 Å². The summed E-state index contributed by atoms with van der Waals surface area (Å²) in [6.07, 6.45) is 7.36. The highest BCUT2D eigenvalue weighted by molar-refractivity contribution is 5.93. The molecule has 2 heterocycles. The summed E-state index contributed by atoms with van der Waals surface area (Å²) >= 11 is 0. The first-order valence-corrected chi connectivity index (χ1v) is 7.99. The number of amides is 1. The van der Waals surface area contributed by atoms with Gasteiger partial charge < -0.3 is 5.32 Å². The van der Waals surface area contributed by atoms with Gasteiger partial charge in [-0.25, -0.2) is 0 Å². The van der Waals surface area contributed by atoms with Gasteiger partial charge in [0.15, 0.2) is 0 Å². The predicted octanol–water partition coefficient (Wildman–Crippen LogP) is 1.84. The maximum Gasteiger partial charge on any atom is 0.270 e. The largest absolute Gasteiger partial charge is 0.344 e. The molecular weight excluding hydrogens is 278 g/mol. The molecule has 0 aliphatic heterocycles. The number of carbonyl (C=O) groups is 1. The number of carbonyl (C=O) groups excluding carboxylic acids is 1. The van der Waals surface area contributed by atoms with E-state index in [0.717, 1.165) is 30.5 Å². The third kappa shape index (κ3) is 2.23. The number of aryl methyl sites for hydroxylation is 2. The first kappa shape index (κ1) is 13.5. The van der Waals surface area contributed by atoms with Gasteiger partial charge in [0.05, 0.1) is 17.9 Å². The Labute approximate surface area is 129 Å². The third-order valence-corrected chi connectivity index (χ3v) is 4.81. The van der Waals surface area contributed by atoms with E-state index in [1.165, 1.54) is 18.5 Å². The number of nitrogens with one attached hydrogen (secondary N) is 1. The zero-order chi connectivity index (χ0) is 15.3. The second-order valence-corrected chi connectivity index (χ2v) is 6.44. The quantitative estimate of drug-likeness (QED) is 0.940. The van der Waals surface area contributed by atoms with Gasteiger partial charge in [-0.15, -0.1) is 0 Å². The van der Waals surface area contributed by atoms with Gasteiger partial charge in [-0.3, -0.25) is 14.2 Å². The molecular formula is C16H21N5O. The Morgan fingerprint density at radius 2 is 2.09 bits per heavy atom. The average Bonchev–Trinajstić information content (AvgIpc) is 3.18.